The topological polar surface area (TPSA) is 4.10 Å². The molecule has 3 aromatic rings. The van der Waals surface area contributed by atoms with Gasteiger partial charge in [-0.25, -0.2) is 8.78 Å². The zero-order valence-corrected chi connectivity index (χ0v) is 11.9. The van der Waals surface area contributed by atoms with Crippen molar-refractivity contribution in [2.24, 2.45) is 0 Å². The van der Waals surface area contributed by atoms with Crippen molar-refractivity contribution in [2.75, 3.05) is 0 Å². The molecule has 0 atom stereocenters. The van der Waals surface area contributed by atoms with Gasteiger partial charge in [0.15, 0.2) is 12.4 Å². The fraction of sp³-hybridized carbons (Fsp3) is 0. The second-order valence-electron chi connectivity index (χ2n) is 4.66. The number of rotatable bonds is 0. The summed E-state index contributed by atoms with van der Waals surface area (Å²) in [5, 5.41) is 0.994. The zero-order chi connectivity index (χ0) is 17.5. The van der Waals surface area contributed by atoms with Crippen LogP contribution in [0.1, 0.15) is 0 Å². The molecule has 2 heterocycles. The maximum Gasteiger partial charge on any atom is 0.211 e. The Balaban J connectivity index is 0.000000236. The van der Waals surface area contributed by atoms with Gasteiger partial charge in [0, 0.05) is 29.7 Å². The average molecular weight is 361 g/mol. The Hall–Kier alpha value is -2.02. The Morgan fingerprint density at radius 3 is 2.04 bits per heavy atom. The minimum Gasteiger partial charge on any atom is -0.207 e. The summed E-state index contributed by atoms with van der Waals surface area (Å²) in [6.45, 7) is 0. The van der Waals surface area contributed by atoms with Gasteiger partial charge in [0.1, 0.15) is 11.6 Å². The van der Waals surface area contributed by atoms with Crippen LogP contribution in [-0.4, -0.2) is 0 Å². The molecule has 0 spiro atoms. The number of nitrogens with zero attached hydrogens (tertiary/aromatic N) is 1. The Bertz CT molecular complexity index is 878. The van der Waals surface area contributed by atoms with E-state index in [0.717, 1.165) is 11.6 Å². The molecule has 126 valence electrons. The SMILES string of the molecule is F[P-](F)(F)(F)(F)F.Fc1cc(F)c2cc3cccc[n+]3cc2c1. The van der Waals surface area contributed by atoms with Gasteiger partial charge in [-0.3, -0.25) is 0 Å². The van der Waals surface area contributed by atoms with Crippen LogP contribution in [0.3, 0.4) is 0 Å². The van der Waals surface area contributed by atoms with Crippen molar-refractivity contribution in [1.82, 2.24) is 0 Å². The minimum atomic E-state index is -10.7. The molecule has 3 rings (SSSR count). The number of hydrogen-bond donors (Lipinski definition) is 0. The Morgan fingerprint density at radius 2 is 1.43 bits per heavy atom. The van der Waals surface area contributed by atoms with Gasteiger partial charge in [-0.15, -0.1) is 0 Å². The van der Waals surface area contributed by atoms with E-state index in [4.69, 9.17) is 0 Å². The number of aromatic nitrogens is 1. The second-order valence-corrected chi connectivity index (χ2v) is 6.57. The predicted octanol–water partition coefficient (Wildman–Crippen LogP) is 6.24. The van der Waals surface area contributed by atoms with E-state index in [1.807, 2.05) is 28.8 Å². The van der Waals surface area contributed by atoms with E-state index in [1.54, 1.807) is 12.3 Å². The maximum absolute atomic E-state index is 13.5. The van der Waals surface area contributed by atoms with E-state index in [2.05, 4.69) is 0 Å². The third-order valence-corrected chi connectivity index (χ3v) is 2.62. The van der Waals surface area contributed by atoms with E-state index in [-0.39, 0.29) is 0 Å². The van der Waals surface area contributed by atoms with Crippen molar-refractivity contribution in [2.45, 2.75) is 0 Å². The molecule has 23 heavy (non-hydrogen) atoms. The Morgan fingerprint density at radius 1 is 0.826 bits per heavy atom. The van der Waals surface area contributed by atoms with Crippen LogP contribution in [-0.2, 0) is 0 Å². The Kier molecular flexibility index (Phi) is 3.57. The van der Waals surface area contributed by atoms with E-state index in [9.17, 15) is 34.0 Å². The van der Waals surface area contributed by atoms with Gasteiger partial charge in [0.2, 0.25) is 5.52 Å². The summed E-state index contributed by atoms with van der Waals surface area (Å²) in [5.41, 5.74) is 0.875. The molecular formula is C13H8F8NP. The van der Waals surface area contributed by atoms with Crippen molar-refractivity contribution in [3.63, 3.8) is 0 Å². The fourth-order valence-electron chi connectivity index (χ4n) is 1.87. The third-order valence-electron chi connectivity index (χ3n) is 2.62. The smallest absolute Gasteiger partial charge is 0.207 e. The van der Waals surface area contributed by atoms with Crippen molar-refractivity contribution < 1.29 is 38.4 Å². The number of hydrogen-bond acceptors (Lipinski definition) is 0. The number of pyridine rings is 2. The molecule has 0 amide bonds. The summed E-state index contributed by atoms with van der Waals surface area (Å²) >= 11 is 0. The van der Waals surface area contributed by atoms with Gasteiger partial charge in [0.05, 0.1) is 5.39 Å². The quantitative estimate of drug-likeness (QED) is 0.193. The van der Waals surface area contributed by atoms with Crippen molar-refractivity contribution in [3.8, 4) is 0 Å². The van der Waals surface area contributed by atoms with Gasteiger partial charge >= 0.3 is 33.0 Å². The largest absolute Gasteiger partial charge is 0.211 e. The monoisotopic (exact) mass is 361 g/mol. The zero-order valence-electron chi connectivity index (χ0n) is 11.0. The molecule has 0 aliphatic heterocycles. The number of fused-ring (bicyclic) bond motifs is 2. The minimum absolute atomic E-state index is 0.438. The number of halogens is 8. The number of benzene rings is 1. The molecule has 0 saturated carbocycles. The van der Waals surface area contributed by atoms with Gasteiger partial charge in [0.25, 0.3) is 0 Å². The molecule has 0 aliphatic carbocycles. The first kappa shape index (κ1) is 17.3. The molecule has 1 aromatic carbocycles. The summed E-state index contributed by atoms with van der Waals surface area (Å²) in [4.78, 5) is 0. The molecule has 1 nitrogen and oxygen atoms in total. The van der Waals surface area contributed by atoms with Gasteiger partial charge in [-0.2, -0.15) is 4.40 Å². The van der Waals surface area contributed by atoms with Crippen LogP contribution >= 0.6 is 7.81 Å². The molecule has 0 N–H and O–H groups in total. The molecule has 0 radical (unpaired) electrons. The molecule has 0 saturated heterocycles. The van der Waals surface area contributed by atoms with E-state index >= 15 is 0 Å². The first-order valence-corrected chi connectivity index (χ1v) is 7.97. The predicted molar refractivity (Wildman–Crippen MR) is 70.6 cm³/mol. The molecule has 0 bridgehead atoms. The van der Waals surface area contributed by atoms with E-state index < -0.39 is 19.4 Å². The third kappa shape index (κ3) is 5.94. The first-order chi connectivity index (χ1) is 10.2. The second kappa shape index (κ2) is 4.74. The molecule has 0 aliphatic rings. The van der Waals surface area contributed by atoms with Crippen LogP contribution in [0, 0.1) is 11.6 Å². The van der Waals surface area contributed by atoms with Crippen LogP contribution in [0.2, 0.25) is 0 Å². The van der Waals surface area contributed by atoms with E-state index in [1.165, 1.54) is 6.07 Å². The Labute approximate surface area is 124 Å². The van der Waals surface area contributed by atoms with Gasteiger partial charge in [-0.1, -0.05) is 0 Å². The first-order valence-electron chi connectivity index (χ1n) is 5.94. The van der Waals surface area contributed by atoms with E-state index in [0.29, 0.717) is 10.8 Å². The van der Waals surface area contributed by atoms with Crippen molar-refractivity contribution in [3.05, 3.63) is 60.4 Å². The van der Waals surface area contributed by atoms with Crippen molar-refractivity contribution >= 4 is 24.1 Å². The van der Waals surface area contributed by atoms with Crippen LogP contribution in [0.4, 0.5) is 34.0 Å². The summed E-state index contributed by atoms with van der Waals surface area (Å²) < 4.78 is 87.6. The molecule has 2 aromatic heterocycles. The standard InChI is InChI=1S/C13H8F2N.F6P/c14-10-5-9-8-16-4-2-1-3-11(16)7-12(9)13(15)6-10;1-7(2,3,4,5)6/h1-8H;/q+1;-1. The maximum atomic E-state index is 13.5. The average Bonchev–Trinajstić information content (AvgIpc) is 2.33. The summed E-state index contributed by atoms with van der Waals surface area (Å²) in [5.74, 6) is -1.08. The van der Waals surface area contributed by atoms with Crippen LogP contribution in [0.25, 0.3) is 16.3 Å². The van der Waals surface area contributed by atoms with Crippen LogP contribution < -0.4 is 4.40 Å². The van der Waals surface area contributed by atoms with Crippen LogP contribution in [0.5, 0.6) is 0 Å². The summed E-state index contributed by atoms with van der Waals surface area (Å²) in [7, 11) is -10.7. The van der Waals surface area contributed by atoms with Gasteiger partial charge in [-0.05, 0) is 12.1 Å². The van der Waals surface area contributed by atoms with Crippen molar-refractivity contribution in [1.29, 1.82) is 0 Å². The van der Waals surface area contributed by atoms with Gasteiger partial charge < -0.3 is 0 Å². The molecule has 10 heteroatoms. The van der Waals surface area contributed by atoms with Crippen LogP contribution in [0.15, 0.2) is 48.8 Å². The fourth-order valence-corrected chi connectivity index (χ4v) is 1.87. The molecular weight excluding hydrogens is 353 g/mol. The summed E-state index contributed by atoms with van der Waals surface area (Å²) in [6.07, 6.45) is 3.56. The molecule has 0 fully saturated rings. The summed E-state index contributed by atoms with van der Waals surface area (Å²) in [6, 6.07) is 9.57. The normalized spacial score (nSPS) is 14.8. The molecule has 0 unspecified atom stereocenters.